The number of benzene rings is 1. The molecule has 0 saturated heterocycles. The highest BCUT2D eigenvalue weighted by molar-refractivity contribution is 5.63. The summed E-state index contributed by atoms with van der Waals surface area (Å²) in [7, 11) is 0. The molecule has 0 radical (unpaired) electrons. The predicted molar refractivity (Wildman–Crippen MR) is 68.5 cm³/mol. The number of rotatable bonds is 4. The van der Waals surface area contributed by atoms with Crippen LogP contribution >= 0.6 is 0 Å². The van der Waals surface area contributed by atoms with Crippen LogP contribution in [0.5, 0.6) is 0 Å². The third-order valence-electron chi connectivity index (χ3n) is 3.58. The topological polar surface area (TPSA) is 55.2 Å². The van der Waals surface area contributed by atoms with E-state index in [0.717, 1.165) is 37.8 Å². The van der Waals surface area contributed by atoms with E-state index in [4.69, 9.17) is 0 Å². The van der Waals surface area contributed by atoms with Crippen molar-refractivity contribution in [1.82, 2.24) is 0 Å². The van der Waals surface area contributed by atoms with E-state index in [-0.39, 0.29) is 5.69 Å². The highest BCUT2D eigenvalue weighted by Crippen LogP contribution is 2.35. The van der Waals surface area contributed by atoms with Gasteiger partial charge in [-0.3, -0.25) is 10.1 Å². The van der Waals surface area contributed by atoms with Crippen LogP contribution in [0.25, 0.3) is 0 Å². The Morgan fingerprint density at radius 1 is 1.30 bits per heavy atom. The number of alkyl halides is 3. The van der Waals surface area contributed by atoms with Gasteiger partial charge in [0.25, 0.3) is 5.69 Å². The molecule has 1 aromatic carbocycles. The molecule has 0 atom stereocenters. The Morgan fingerprint density at radius 3 is 2.50 bits per heavy atom. The van der Waals surface area contributed by atoms with Gasteiger partial charge in [-0.2, -0.15) is 13.2 Å². The zero-order valence-electron chi connectivity index (χ0n) is 10.7. The number of halogens is 3. The van der Waals surface area contributed by atoms with Crippen LogP contribution in [-0.2, 0) is 6.18 Å². The minimum atomic E-state index is -4.57. The molecule has 20 heavy (non-hydrogen) atoms. The molecular weight excluding hydrogens is 273 g/mol. The molecule has 0 bridgehead atoms. The predicted octanol–water partition coefficient (Wildman–Crippen LogP) is 4.22. The summed E-state index contributed by atoms with van der Waals surface area (Å²) in [5.41, 5.74) is -1.39. The lowest BCUT2D eigenvalue weighted by molar-refractivity contribution is -0.384. The van der Waals surface area contributed by atoms with Crippen LogP contribution < -0.4 is 5.32 Å². The summed E-state index contributed by atoms with van der Waals surface area (Å²) < 4.78 is 37.7. The van der Waals surface area contributed by atoms with Crippen molar-refractivity contribution < 1.29 is 18.1 Å². The Balaban J connectivity index is 2.17. The third kappa shape index (κ3) is 3.40. The maximum atomic E-state index is 12.6. The van der Waals surface area contributed by atoms with E-state index in [1.165, 1.54) is 0 Å². The van der Waals surface area contributed by atoms with Gasteiger partial charge in [0, 0.05) is 12.6 Å². The molecule has 110 valence electrons. The first-order valence-electron chi connectivity index (χ1n) is 6.47. The molecule has 1 N–H and O–H groups in total. The molecule has 7 heteroatoms. The number of anilines is 1. The molecule has 0 spiro atoms. The summed E-state index contributed by atoms with van der Waals surface area (Å²) in [6.45, 7) is 0.562. The maximum Gasteiger partial charge on any atom is 0.416 e. The summed E-state index contributed by atoms with van der Waals surface area (Å²) in [5.74, 6) is 0.442. The van der Waals surface area contributed by atoms with Crippen LogP contribution in [-0.4, -0.2) is 11.5 Å². The summed E-state index contributed by atoms with van der Waals surface area (Å²) in [5, 5.41) is 13.8. The highest BCUT2D eigenvalue weighted by atomic mass is 19.4. The number of nitro groups is 1. The zero-order chi connectivity index (χ0) is 14.8. The van der Waals surface area contributed by atoms with Crippen molar-refractivity contribution in [2.24, 2.45) is 5.92 Å². The number of hydrogen-bond acceptors (Lipinski definition) is 3. The summed E-state index contributed by atoms with van der Waals surface area (Å²) >= 11 is 0. The van der Waals surface area contributed by atoms with Crippen LogP contribution in [0.1, 0.15) is 31.2 Å². The molecule has 0 amide bonds. The number of nitrogens with one attached hydrogen (secondary N) is 1. The Morgan fingerprint density at radius 2 is 1.95 bits per heavy atom. The molecule has 0 aromatic heterocycles. The van der Waals surface area contributed by atoms with Gasteiger partial charge in [-0.25, -0.2) is 0 Å². The van der Waals surface area contributed by atoms with Crippen molar-refractivity contribution >= 4 is 11.4 Å². The standard InChI is InChI=1S/C13H15F3N2O2/c14-13(15,16)10-5-6-11(12(7-10)18(19)20)17-8-9-3-1-2-4-9/h5-7,9,17H,1-4,8H2. The lowest BCUT2D eigenvalue weighted by Crippen LogP contribution is -2.13. The normalized spacial score (nSPS) is 16.4. The van der Waals surface area contributed by atoms with Gasteiger partial charge in [0.05, 0.1) is 10.5 Å². The van der Waals surface area contributed by atoms with Gasteiger partial charge in [-0.15, -0.1) is 0 Å². The fraction of sp³-hybridized carbons (Fsp3) is 0.538. The Hall–Kier alpha value is -1.79. The van der Waals surface area contributed by atoms with Crippen molar-refractivity contribution in [2.45, 2.75) is 31.9 Å². The SMILES string of the molecule is O=[N+]([O-])c1cc(C(F)(F)F)ccc1NCC1CCCC1. The first kappa shape index (κ1) is 14.6. The van der Waals surface area contributed by atoms with Gasteiger partial charge in [0.15, 0.2) is 0 Å². The fourth-order valence-corrected chi connectivity index (χ4v) is 2.48. The molecule has 1 saturated carbocycles. The molecule has 0 heterocycles. The van der Waals surface area contributed by atoms with Gasteiger partial charge in [0.2, 0.25) is 0 Å². The van der Waals surface area contributed by atoms with Gasteiger partial charge < -0.3 is 5.32 Å². The largest absolute Gasteiger partial charge is 0.416 e. The van der Waals surface area contributed by atoms with Gasteiger partial charge in [-0.1, -0.05) is 12.8 Å². The highest BCUT2D eigenvalue weighted by Gasteiger charge is 2.33. The summed E-state index contributed by atoms with van der Waals surface area (Å²) in [6.07, 6.45) is -0.180. The van der Waals surface area contributed by atoms with Crippen molar-refractivity contribution in [1.29, 1.82) is 0 Å². The minimum Gasteiger partial charge on any atom is -0.379 e. The van der Waals surface area contributed by atoms with Gasteiger partial charge in [0.1, 0.15) is 5.69 Å². The zero-order valence-corrected chi connectivity index (χ0v) is 10.7. The smallest absolute Gasteiger partial charge is 0.379 e. The van der Waals surface area contributed by atoms with E-state index in [2.05, 4.69) is 5.32 Å². The molecule has 1 aliphatic carbocycles. The second-order valence-corrected chi connectivity index (χ2v) is 5.02. The molecule has 0 unspecified atom stereocenters. The molecule has 0 aliphatic heterocycles. The quantitative estimate of drug-likeness (QED) is 0.666. The maximum absolute atomic E-state index is 12.6. The molecule has 1 fully saturated rings. The lowest BCUT2D eigenvalue weighted by Gasteiger charge is -2.13. The number of nitro benzene ring substituents is 1. The molecule has 1 aliphatic rings. The molecular formula is C13H15F3N2O2. The third-order valence-corrected chi connectivity index (χ3v) is 3.58. The Labute approximate surface area is 114 Å². The summed E-state index contributed by atoms with van der Waals surface area (Å²) in [4.78, 5) is 10.1. The van der Waals surface area contributed by atoms with Crippen LogP contribution in [0.4, 0.5) is 24.5 Å². The Kier molecular flexibility index (Phi) is 4.15. The molecule has 4 nitrogen and oxygen atoms in total. The van der Waals surface area contributed by atoms with Crippen LogP contribution in [0.2, 0.25) is 0 Å². The van der Waals surface area contributed by atoms with Crippen molar-refractivity contribution in [3.05, 3.63) is 33.9 Å². The second kappa shape index (κ2) is 5.68. The van der Waals surface area contributed by atoms with Crippen LogP contribution in [0, 0.1) is 16.0 Å². The number of nitrogens with zero attached hydrogens (tertiary/aromatic N) is 1. The van der Waals surface area contributed by atoms with E-state index in [9.17, 15) is 23.3 Å². The monoisotopic (exact) mass is 288 g/mol. The molecule has 1 aromatic rings. The number of hydrogen-bond donors (Lipinski definition) is 1. The van der Waals surface area contributed by atoms with E-state index in [1.807, 2.05) is 0 Å². The molecule has 2 rings (SSSR count). The van der Waals surface area contributed by atoms with Gasteiger partial charge >= 0.3 is 6.18 Å². The van der Waals surface area contributed by atoms with Crippen molar-refractivity contribution in [3.63, 3.8) is 0 Å². The minimum absolute atomic E-state index is 0.148. The Bertz CT molecular complexity index is 497. The average Bonchev–Trinajstić information content (AvgIpc) is 2.88. The average molecular weight is 288 g/mol. The lowest BCUT2D eigenvalue weighted by atomic mass is 10.1. The van der Waals surface area contributed by atoms with Crippen molar-refractivity contribution in [3.8, 4) is 0 Å². The van der Waals surface area contributed by atoms with Crippen molar-refractivity contribution in [2.75, 3.05) is 11.9 Å². The second-order valence-electron chi connectivity index (χ2n) is 5.02. The van der Waals surface area contributed by atoms with E-state index in [1.54, 1.807) is 0 Å². The van der Waals surface area contributed by atoms with E-state index >= 15 is 0 Å². The van der Waals surface area contributed by atoms with Crippen LogP contribution in [0.15, 0.2) is 18.2 Å². The van der Waals surface area contributed by atoms with E-state index < -0.39 is 22.4 Å². The van der Waals surface area contributed by atoms with Gasteiger partial charge in [-0.05, 0) is 30.9 Å². The fourth-order valence-electron chi connectivity index (χ4n) is 2.48. The van der Waals surface area contributed by atoms with E-state index in [0.29, 0.717) is 18.5 Å². The first-order chi connectivity index (χ1) is 9.38. The first-order valence-corrected chi connectivity index (χ1v) is 6.47. The van der Waals surface area contributed by atoms with Crippen LogP contribution in [0.3, 0.4) is 0 Å². The summed E-state index contributed by atoms with van der Waals surface area (Å²) in [6, 6.07) is 2.58.